The van der Waals surface area contributed by atoms with E-state index in [0.717, 1.165) is 31.2 Å². The first-order chi connectivity index (χ1) is 8.79. The molecule has 2 nitrogen and oxygen atoms in total. The lowest BCUT2D eigenvalue weighted by atomic mass is 9.85. The van der Waals surface area contributed by atoms with E-state index in [9.17, 15) is 0 Å². The minimum absolute atomic E-state index is 0.571. The number of fused-ring (bicyclic) bond motifs is 1. The van der Waals surface area contributed by atoms with Gasteiger partial charge in [0.2, 0.25) is 0 Å². The number of hydrogen-bond donors (Lipinski definition) is 1. The average molecular weight is 245 g/mol. The third-order valence-corrected chi connectivity index (χ3v) is 4.13. The molecule has 0 aromatic heterocycles. The molecular weight excluding hydrogens is 222 g/mol. The average Bonchev–Trinajstić information content (AvgIpc) is 3.21. The summed E-state index contributed by atoms with van der Waals surface area (Å²) in [5, 5.41) is 3.71. The Balaban J connectivity index is 1.89. The molecule has 1 fully saturated rings. The van der Waals surface area contributed by atoms with Crippen molar-refractivity contribution in [2.45, 2.75) is 45.1 Å². The molecule has 1 saturated carbocycles. The normalized spacial score (nSPS) is 26.8. The lowest BCUT2D eigenvalue weighted by Gasteiger charge is -2.31. The summed E-state index contributed by atoms with van der Waals surface area (Å²) >= 11 is 0. The molecule has 0 radical (unpaired) electrons. The van der Waals surface area contributed by atoms with Gasteiger partial charge in [-0.1, -0.05) is 19.9 Å². The van der Waals surface area contributed by atoms with Crippen LogP contribution in [0.1, 0.15) is 56.2 Å². The second kappa shape index (κ2) is 4.93. The van der Waals surface area contributed by atoms with Crippen molar-refractivity contribution < 1.29 is 4.74 Å². The maximum Gasteiger partial charge on any atom is 0.119 e. The zero-order chi connectivity index (χ0) is 12.5. The molecule has 18 heavy (non-hydrogen) atoms. The van der Waals surface area contributed by atoms with Crippen molar-refractivity contribution >= 4 is 0 Å². The number of ether oxygens (including phenoxy) is 1. The smallest absolute Gasteiger partial charge is 0.119 e. The van der Waals surface area contributed by atoms with Gasteiger partial charge < -0.3 is 10.1 Å². The van der Waals surface area contributed by atoms with Crippen LogP contribution >= 0.6 is 0 Å². The van der Waals surface area contributed by atoms with Crippen molar-refractivity contribution in [3.8, 4) is 5.75 Å². The summed E-state index contributed by atoms with van der Waals surface area (Å²) in [7, 11) is 0. The number of rotatable bonds is 4. The highest BCUT2D eigenvalue weighted by Crippen LogP contribution is 2.45. The van der Waals surface area contributed by atoms with Crippen molar-refractivity contribution in [1.82, 2.24) is 5.32 Å². The fraction of sp³-hybridized carbons (Fsp3) is 0.625. The molecule has 2 aliphatic rings. The Morgan fingerprint density at radius 2 is 2.11 bits per heavy atom. The van der Waals surface area contributed by atoms with Crippen LogP contribution in [0.25, 0.3) is 0 Å². The second-order valence-corrected chi connectivity index (χ2v) is 5.76. The Kier molecular flexibility index (Phi) is 3.29. The molecule has 2 unspecified atom stereocenters. The minimum Gasteiger partial charge on any atom is -0.494 e. The van der Waals surface area contributed by atoms with Gasteiger partial charge in [0.05, 0.1) is 6.61 Å². The Morgan fingerprint density at radius 1 is 1.28 bits per heavy atom. The molecule has 2 heteroatoms. The van der Waals surface area contributed by atoms with E-state index in [0.29, 0.717) is 12.0 Å². The van der Waals surface area contributed by atoms with Gasteiger partial charge in [-0.05, 0) is 54.4 Å². The molecule has 1 aliphatic heterocycles. The molecule has 98 valence electrons. The lowest BCUT2D eigenvalue weighted by molar-refractivity contribution is 0.315. The molecule has 0 spiro atoms. The van der Waals surface area contributed by atoms with Gasteiger partial charge in [0.1, 0.15) is 5.75 Å². The van der Waals surface area contributed by atoms with E-state index in [1.807, 2.05) is 0 Å². The second-order valence-electron chi connectivity index (χ2n) is 5.76. The van der Waals surface area contributed by atoms with Crippen LogP contribution in [0.15, 0.2) is 18.2 Å². The largest absolute Gasteiger partial charge is 0.494 e. The standard InChI is InChI=1S/C16H23NO/c1-3-8-18-13-6-7-14-11(2)10-17-16(12-4-5-12)15(14)9-13/h6-7,9,11-12,16-17H,3-5,8,10H2,1-2H3. The van der Waals surface area contributed by atoms with Gasteiger partial charge >= 0.3 is 0 Å². The predicted molar refractivity (Wildman–Crippen MR) is 74.1 cm³/mol. The monoisotopic (exact) mass is 245 g/mol. The van der Waals surface area contributed by atoms with Crippen LogP contribution in [0.3, 0.4) is 0 Å². The molecule has 2 atom stereocenters. The first kappa shape index (κ1) is 12.0. The fourth-order valence-corrected chi connectivity index (χ4v) is 2.95. The molecule has 1 aromatic carbocycles. The van der Waals surface area contributed by atoms with E-state index in [4.69, 9.17) is 4.74 Å². The van der Waals surface area contributed by atoms with E-state index in [-0.39, 0.29) is 0 Å². The van der Waals surface area contributed by atoms with Crippen LogP contribution < -0.4 is 10.1 Å². The van der Waals surface area contributed by atoms with Crippen molar-refractivity contribution in [3.05, 3.63) is 29.3 Å². The summed E-state index contributed by atoms with van der Waals surface area (Å²) in [6.45, 7) is 6.38. The van der Waals surface area contributed by atoms with Gasteiger partial charge in [0.25, 0.3) is 0 Å². The predicted octanol–water partition coefficient (Wildman–Crippen LogP) is 3.63. The fourth-order valence-electron chi connectivity index (χ4n) is 2.95. The number of nitrogens with one attached hydrogen (secondary N) is 1. The summed E-state index contributed by atoms with van der Waals surface area (Å²) in [6.07, 6.45) is 3.83. The van der Waals surface area contributed by atoms with Crippen molar-refractivity contribution in [2.75, 3.05) is 13.2 Å². The Morgan fingerprint density at radius 3 is 2.83 bits per heavy atom. The maximum atomic E-state index is 5.78. The Bertz CT molecular complexity index is 425. The van der Waals surface area contributed by atoms with Crippen LogP contribution in [0, 0.1) is 5.92 Å². The summed E-state index contributed by atoms with van der Waals surface area (Å²) in [6, 6.07) is 7.26. The molecule has 1 N–H and O–H groups in total. The summed E-state index contributed by atoms with van der Waals surface area (Å²) in [4.78, 5) is 0. The third kappa shape index (κ3) is 2.26. The van der Waals surface area contributed by atoms with Crippen molar-refractivity contribution in [3.63, 3.8) is 0 Å². The third-order valence-electron chi connectivity index (χ3n) is 4.13. The summed E-state index contributed by atoms with van der Waals surface area (Å²) in [5.74, 6) is 2.52. The maximum absolute atomic E-state index is 5.78. The molecule has 1 heterocycles. The van der Waals surface area contributed by atoms with E-state index in [1.165, 1.54) is 24.0 Å². The van der Waals surface area contributed by atoms with Gasteiger partial charge in [-0.2, -0.15) is 0 Å². The van der Waals surface area contributed by atoms with Gasteiger partial charge in [0.15, 0.2) is 0 Å². The van der Waals surface area contributed by atoms with E-state index in [2.05, 4.69) is 37.4 Å². The van der Waals surface area contributed by atoms with Crippen molar-refractivity contribution in [1.29, 1.82) is 0 Å². The molecule has 0 bridgehead atoms. The van der Waals surface area contributed by atoms with Gasteiger partial charge in [0, 0.05) is 12.6 Å². The van der Waals surface area contributed by atoms with Crippen LogP contribution in [-0.2, 0) is 0 Å². The van der Waals surface area contributed by atoms with Crippen LogP contribution in [0.5, 0.6) is 5.75 Å². The van der Waals surface area contributed by atoms with Gasteiger partial charge in [-0.3, -0.25) is 0 Å². The number of hydrogen-bond acceptors (Lipinski definition) is 2. The quantitative estimate of drug-likeness (QED) is 0.874. The van der Waals surface area contributed by atoms with Crippen LogP contribution in [-0.4, -0.2) is 13.2 Å². The highest BCUT2D eigenvalue weighted by Gasteiger charge is 2.36. The van der Waals surface area contributed by atoms with Crippen LogP contribution in [0.4, 0.5) is 0 Å². The minimum atomic E-state index is 0.571. The van der Waals surface area contributed by atoms with E-state index in [1.54, 1.807) is 0 Å². The highest BCUT2D eigenvalue weighted by molar-refractivity contribution is 5.42. The first-order valence-electron chi connectivity index (χ1n) is 7.29. The first-order valence-corrected chi connectivity index (χ1v) is 7.29. The molecule has 3 rings (SSSR count). The zero-order valence-electron chi connectivity index (χ0n) is 11.4. The van der Waals surface area contributed by atoms with Crippen LogP contribution in [0.2, 0.25) is 0 Å². The van der Waals surface area contributed by atoms with Gasteiger partial charge in [-0.25, -0.2) is 0 Å². The van der Waals surface area contributed by atoms with E-state index < -0.39 is 0 Å². The summed E-state index contributed by atoms with van der Waals surface area (Å²) < 4.78 is 5.78. The molecule has 0 amide bonds. The Labute approximate surface area is 110 Å². The molecule has 1 aliphatic carbocycles. The Hall–Kier alpha value is -1.02. The summed E-state index contributed by atoms with van der Waals surface area (Å²) in [5.41, 5.74) is 3.01. The lowest BCUT2D eigenvalue weighted by Crippen LogP contribution is -2.33. The topological polar surface area (TPSA) is 21.3 Å². The SMILES string of the molecule is CCCOc1ccc2c(c1)C(C1CC1)NCC2C. The molecular formula is C16H23NO. The molecule has 0 saturated heterocycles. The zero-order valence-corrected chi connectivity index (χ0v) is 11.4. The highest BCUT2D eigenvalue weighted by atomic mass is 16.5. The molecule has 1 aromatic rings. The van der Waals surface area contributed by atoms with Crippen molar-refractivity contribution in [2.24, 2.45) is 5.92 Å². The van der Waals surface area contributed by atoms with Gasteiger partial charge in [-0.15, -0.1) is 0 Å². The number of benzene rings is 1. The van der Waals surface area contributed by atoms with E-state index >= 15 is 0 Å².